The van der Waals surface area contributed by atoms with Crippen LogP contribution < -0.4 is 0 Å². The summed E-state index contributed by atoms with van der Waals surface area (Å²) in [6, 6.07) is 91.4. The van der Waals surface area contributed by atoms with Gasteiger partial charge < -0.3 is 8.83 Å². The molecule has 13 aromatic rings. The van der Waals surface area contributed by atoms with Crippen molar-refractivity contribution in [3.63, 3.8) is 0 Å². The van der Waals surface area contributed by atoms with E-state index in [1.807, 2.05) is 0 Å². The minimum Gasteiger partial charge on any atom is -0.455 e. The van der Waals surface area contributed by atoms with Crippen molar-refractivity contribution in [3.05, 3.63) is 255 Å². The Labute approximate surface area is 394 Å². The maximum Gasteiger partial charge on any atom is 0.143 e. The van der Waals surface area contributed by atoms with E-state index in [2.05, 4.69) is 255 Å². The molecule has 0 fully saturated rings. The van der Waals surface area contributed by atoms with E-state index >= 15 is 0 Å². The molecule has 0 unspecified atom stereocenters. The fourth-order valence-electron chi connectivity index (χ4n) is 10.3. The van der Waals surface area contributed by atoms with E-state index in [4.69, 9.17) is 8.83 Å². The van der Waals surface area contributed by atoms with E-state index < -0.39 is 0 Å². The molecule has 0 radical (unpaired) electrons. The minimum absolute atomic E-state index is 0.849. The molecule has 2 heterocycles. The molecule has 0 atom stereocenters. The van der Waals surface area contributed by atoms with E-state index in [1.54, 1.807) is 0 Å². The Hall–Kier alpha value is -8.98. The third kappa shape index (κ3) is 6.82. The summed E-state index contributed by atoms with van der Waals surface area (Å²) in [5.74, 6) is 1.73. The zero-order valence-electron chi connectivity index (χ0n) is 37.1. The Morgan fingerprint density at radius 1 is 0.206 bits per heavy atom. The van der Waals surface area contributed by atoms with Crippen molar-refractivity contribution in [2.45, 2.75) is 0 Å². The van der Waals surface area contributed by atoms with Gasteiger partial charge in [-0.2, -0.15) is 0 Å². The topological polar surface area (TPSA) is 26.3 Å². The van der Waals surface area contributed by atoms with Crippen LogP contribution in [0.4, 0.5) is 0 Å². The molecule has 11 aromatic carbocycles. The van der Waals surface area contributed by atoms with E-state index in [-0.39, 0.29) is 0 Å². The van der Waals surface area contributed by atoms with Crippen molar-refractivity contribution in [1.82, 2.24) is 0 Å². The second kappa shape index (κ2) is 16.5. The van der Waals surface area contributed by atoms with Gasteiger partial charge in [0.25, 0.3) is 0 Å². The molecule has 13 rings (SSSR count). The molecule has 0 N–H and O–H groups in total. The number of hydrogen-bond acceptors (Lipinski definition) is 2. The highest BCUT2D eigenvalue weighted by Gasteiger charge is 2.24. The molecule has 2 nitrogen and oxygen atoms in total. The average Bonchev–Trinajstić information content (AvgIpc) is 4.00. The van der Waals surface area contributed by atoms with Crippen LogP contribution in [-0.4, -0.2) is 0 Å². The predicted octanol–water partition coefficient (Wildman–Crippen LogP) is 18.8. The molecular formula is C66H42O2. The fraction of sp³-hybridized carbons (Fsp3) is 0. The Morgan fingerprint density at radius 3 is 1.18 bits per heavy atom. The fourth-order valence-corrected chi connectivity index (χ4v) is 10.3. The lowest BCUT2D eigenvalue weighted by Crippen LogP contribution is -1.94. The van der Waals surface area contributed by atoms with Crippen molar-refractivity contribution in [3.8, 4) is 89.4 Å². The van der Waals surface area contributed by atoms with Gasteiger partial charge in [-0.1, -0.05) is 212 Å². The smallest absolute Gasteiger partial charge is 0.143 e. The summed E-state index contributed by atoms with van der Waals surface area (Å²) < 4.78 is 13.6. The molecule has 2 heteroatoms. The molecular weight excluding hydrogens is 825 g/mol. The molecule has 0 bridgehead atoms. The summed E-state index contributed by atoms with van der Waals surface area (Å²) in [6.45, 7) is 0. The maximum absolute atomic E-state index is 6.81. The van der Waals surface area contributed by atoms with Crippen LogP contribution in [-0.2, 0) is 0 Å². The SMILES string of the molecule is c1ccc(-c2oc3ccc(-c4cc(-c5cccc6ccccc56)c(-c5ccc6oc(-c7ccccc7)c(-c7ccccc7)c6c5)cc4-c4ccc5ccccc5c4)cc3c2-c2ccccc2)cc1. The van der Waals surface area contributed by atoms with Gasteiger partial charge in [0.1, 0.15) is 22.7 Å². The number of furan rings is 2. The van der Waals surface area contributed by atoms with Crippen LogP contribution >= 0.6 is 0 Å². The summed E-state index contributed by atoms with van der Waals surface area (Å²) in [5.41, 5.74) is 17.3. The van der Waals surface area contributed by atoms with Gasteiger partial charge in [-0.3, -0.25) is 0 Å². The monoisotopic (exact) mass is 866 g/mol. The standard InChI is InChI=1S/C66H42O2/c1-5-20-45(21-6-1)63-59-39-51(34-36-61(59)67-65(63)47-24-9-3-10-25-47)56-42-58(54-31-17-29-44-19-15-16-30-53(44)54)57(41-55(56)50-33-32-43-18-13-14-28-49(43)38-50)52-35-37-62-60(40-52)64(46-22-7-2-8-23-46)66(68-62)48-26-11-4-12-27-48/h1-42H. The first kappa shape index (κ1) is 39.4. The van der Waals surface area contributed by atoms with E-state index in [9.17, 15) is 0 Å². The highest BCUT2D eigenvalue weighted by atomic mass is 16.3. The first-order chi connectivity index (χ1) is 33.7. The van der Waals surface area contributed by atoms with Gasteiger partial charge in [-0.05, 0) is 120 Å². The van der Waals surface area contributed by atoms with Crippen molar-refractivity contribution in [1.29, 1.82) is 0 Å². The molecule has 318 valence electrons. The number of fused-ring (bicyclic) bond motifs is 4. The second-order valence-electron chi connectivity index (χ2n) is 17.5. The highest BCUT2D eigenvalue weighted by Crippen LogP contribution is 2.49. The van der Waals surface area contributed by atoms with Gasteiger partial charge >= 0.3 is 0 Å². The Bertz CT molecular complexity index is 3990. The molecule has 0 aliphatic heterocycles. The lowest BCUT2D eigenvalue weighted by Gasteiger charge is -2.20. The first-order valence-corrected chi connectivity index (χ1v) is 23.2. The minimum atomic E-state index is 0.849. The van der Waals surface area contributed by atoms with E-state index in [0.717, 1.165) is 106 Å². The van der Waals surface area contributed by atoms with Gasteiger partial charge in [-0.15, -0.1) is 0 Å². The molecule has 0 saturated carbocycles. The van der Waals surface area contributed by atoms with E-state index in [0.29, 0.717) is 0 Å². The van der Waals surface area contributed by atoms with Gasteiger partial charge in [0.05, 0.1) is 0 Å². The Balaban J connectivity index is 1.12. The van der Waals surface area contributed by atoms with E-state index in [1.165, 1.54) is 27.1 Å². The summed E-state index contributed by atoms with van der Waals surface area (Å²) in [5, 5.41) is 6.94. The van der Waals surface area contributed by atoms with Gasteiger partial charge in [0.15, 0.2) is 0 Å². The third-order valence-electron chi connectivity index (χ3n) is 13.5. The third-order valence-corrected chi connectivity index (χ3v) is 13.5. The van der Waals surface area contributed by atoms with Crippen molar-refractivity contribution >= 4 is 43.5 Å². The zero-order chi connectivity index (χ0) is 45.0. The molecule has 0 aliphatic carbocycles. The van der Waals surface area contributed by atoms with Crippen LogP contribution in [0.2, 0.25) is 0 Å². The normalized spacial score (nSPS) is 11.5. The molecule has 0 aliphatic rings. The number of rotatable bonds is 8. The largest absolute Gasteiger partial charge is 0.455 e. The van der Waals surface area contributed by atoms with Crippen LogP contribution in [0.25, 0.3) is 133 Å². The summed E-state index contributed by atoms with van der Waals surface area (Å²) in [4.78, 5) is 0. The predicted molar refractivity (Wildman–Crippen MR) is 284 cm³/mol. The summed E-state index contributed by atoms with van der Waals surface area (Å²) in [6.07, 6.45) is 0. The van der Waals surface area contributed by atoms with Crippen molar-refractivity contribution in [2.75, 3.05) is 0 Å². The van der Waals surface area contributed by atoms with Crippen LogP contribution in [0.15, 0.2) is 264 Å². The molecule has 0 amide bonds. The molecule has 0 saturated heterocycles. The lowest BCUT2D eigenvalue weighted by molar-refractivity contribution is 0.632. The summed E-state index contributed by atoms with van der Waals surface area (Å²) in [7, 11) is 0. The first-order valence-electron chi connectivity index (χ1n) is 23.2. The van der Waals surface area contributed by atoms with Crippen molar-refractivity contribution < 1.29 is 8.83 Å². The molecule has 68 heavy (non-hydrogen) atoms. The maximum atomic E-state index is 6.81. The average molecular weight is 867 g/mol. The molecule has 0 spiro atoms. The second-order valence-corrected chi connectivity index (χ2v) is 17.5. The van der Waals surface area contributed by atoms with Gasteiger partial charge in [0.2, 0.25) is 0 Å². The zero-order valence-corrected chi connectivity index (χ0v) is 37.1. The molecule has 2 aromatic heterocycles. The Kier molecular flexibility index (Phi) is 9.54. The number of benzene rings is 11. The van der Waals surface area contributed by atoms with Crippen LogP contribution in [0.3, 0.4) is 0 Å². The van der Waals surface area contributed by atoms with Crippen LogP contribution in [0.1, 0.15) is 0 Å². The number of hydrogen-bond donors (Lipinski definition) is 0. The van der Waals surface area contributed by atoms with Crippen LogP contribution in [0.5, 0.6) is 0 Å². The van der Waals surface area contributed by atoms with Gasteiger partial charge in [-0.25, -0.2) is 0 Å². The van der Waals surface area contributed by atoms with Crippen LogP contribution in [0, 0.1) is 0 Å². The Morgan fingerprint density at radius 2 is 0.618 bits per heavy atom. The van der Waals surface area contributed by atoms with Crippen molar-refractivity contribution in [2.24, 2.45) is 0 Å². The van der Waals surface area contributed by atoms with Gasteiger partial charge in [0, 0.05) is 33.0 Å². The highest BCUT2D eigenvalue weighted by molar-refractivity contribution is 6.09. The lowest BCUT2D eigenvalue weighted by atomic mass is 9.83. The summed E-state index contributed by atoms with van der Waals surface area (Å²) >= 11 is 0. The quantitative estimate of drug-likeness (QED) is 0.152.